The molecule has 4 aromatic heterocycles. The average molecular weight is 1720 g/mol. The second-order valence-electron chi connectivity index (χ2n) is 28.8. The number of benzene rings is 3. The molecule has 25 N–H and O–H groups in total. The van der Waals surface area contributed by atoms with Crippen molar-refractivity contribution in [1.82, 2.24) is 94.0 Å². The number of nitrogens with one attached hydrogen (secondary N) is 17. The summed E-state index contributed by atoms with van der Waals surface area (Å²) in [6.07, 6.45) is 2.83. The van der Waals surface area contributed by atoms with Crippen LogP contribution < -0.4 is 86.3 Å². The van der Waals surface area contributed by atoms with Crippen molar-refractivity contribution >= 4 is 167 Å². The number of aromatic nitrogens is 5. The van der Waals surface area contributed by atoms with Gasteiger partial charge in [-0.15, -0.1) is 0 Å². The number of carbonyl (C=O) groups is 17. The van der Waals surface area contributed by atoms with Crippen LogP contribution >= 0.6 is 33.3 Å². The predicted molar refractivity (Wildman–Crippen MR) is 443 cm³/mol. The van der Waals surface area contributed by atoms with Crippen LogP contribution in [-0.4, -0.2) is 244 Å². The zero-order chi connectivity index (χ0) is 87.6. The number of fused-ring (bicyclic) bond motifs is 3. The first-order valence-corrected chi connectivity index (χ1v) is 42.0. The molecule has 1 saturated heterocycles. The first-order valence-electron chi connectivity index (χ1n) is 38.1. The predicted octanol–water partition coefficient (Wildman–Crippen LogP) is -3.25. The summed E-state index contributed by atoms with van der Waals surface area (Å²) in [5, 5.41) is 56.0. The van der Waals surface area contributed by atoms with Gasteiger partial charge in [0, 0.05) is 107 Å². The lowest BCUT2D eigenvalue weighted by Crippen LogP contribution is -2.63. The highest BCUT2D eigenvalue weighted by atomic mass is 33.1. The number of carboxylic acids is 1. The third-order valence-corrected chi connectivity index (χ3v) is 22.7. The van der Waals surface area contributed by atoms with Gasteiger partial charge in [-0.2, -0.15) is 11.8 Å². The molecule has 0 spiro atoms. The first-order chi connectivity index (χ1) is 57.1. The smallest absolute Gasteiger partial charge is 0.305 e. The molecule has 0 aliphatic carbocycles. The number of nitrogens with two attached hydrogens (primary N) is 3. The summed E-state index contributed by atoms with van der Waals surface area (Å²) in [6, 6.07) is -2.12. The highest BCUT2D eigenvalue weighted by Crippen LogP contribution is 2.27. The fraction of sp³-hybridized carbons (Fsp3) is 0.429. The number of primary amides is 3. The third-order valence-electron chi connectivity index (χ3n) is 19.7. The van der Waals surface area contributed by atoms with Crippen molar-refractivity contribution in [2.75, 3.05) is 23.5 Å². The molecule has 1 aliphatic rings. The van der Waals surface area contributed by atoms with Crippen LogP contribution in [0.4, 0.5) is 0 Å². The number of thioether (sulfide) groups is 1. The van der Waals surface area contributed by atoms with Crippen molar-refractivity contribution in [2.24, 2.45) is 23.1 Å². The molecule has 0 saturated carbocycles. The topological polar surface area (TPSA) is 641 Å². The number of carbonyl (C=O) groups excluding carboxylic acids is 16. The Hall–Kier alpha value is -12.5. The molecule has 7 aromatic rings. The summed E-state index contributed by atoms with van der Waals surface area (Å²) in [7, 11) is 1.37. The van der Waals surface area contributed by atoms with Gasteiger partial charge in [0.1, 0.15) is 78.5 Å². The molecule has 15 atom stereocenters. The van der Waals surface area contributed by atoms with E-state index in [2.05, 4.69) is 94.0 Å². The van der Waals surface area contributed by atoms with Crippen molar-refractivity contribution in [3.05, 3.63) is 126 Å². The second kappa shape index (κ2) is 44.3. The minimum absolute atomic E-state index is 0.0953. The summed E-state index contributed by atoms with van der Waals surface area (Å²) in [4.78, 5) is 258. The third kappa shape index (κ3) is 26.8. The Morgan fingerprint density at radius 2 is 0.983 bits per heavy atom. The SMILES string of the molecule is CC[C@H](C)[C@H](NC(=O)[C@@H](NC(=O)[C@H](Cc1c[nH]c2ccccc12)NC(=O)[C@H](CCSC)NC(C)=O)[C@@H](C)O)C(=O)N[C@H]1CSSC[C@@H](C(=O)N[C@@H](Cc2c[nH]c3ccccc23)C(=O)N[C@@H](C)C(N)=O)NC(=O)[C@H](CC(=O)O)NC(=O)[C@H](Cc2cnc[nH]2)NC(=O)[C@H](Cc2c[nH]c3ccccc23)NC(=O)[C@H](CC(N)=O)NC(=O)[C@H](CC(N)=O)NC1=O. The van der Waals surface area contributed by atoms with E-state index in [1.54, 1.807) is 98.4 Å². The number of aliphatic hydroxyl groups is 1. The van der Waals surface area contributed by atoms with Crippen LogP contribution in [0.5, 0.6) is 0 Å². The van der Waals surface area contributed by atoms with Crippen molar-refractivity contribution in [3.63, 3.8) is 0 Å². The molecule has 0 radical (unpaired) electrons. The Bertz CT molecular complexity index is 4900. The quantitative estimate of drug-likeness (QED) is 0.0176. The Balaban J connectivity index is 1.19. The fourth-order valence-corrected chi connectivity index (χ4v) is 15.8. The molecule has 644 valence electrons. The average Bonchev–Trinajstić information content (AvgIpc) is 1.74. The van der Waals surface area contributed by atoms with Crippen LogP contribution in [0.3, 0.4) is 0 Å². The van der Waals surface area contributed by atoms with Crippen LogP contribution in [0, 0.1) is 5.92 Å². The van der Waals surface area contributed by atoms with Gasteiger partial charge in [0.05, 0.1) is 31.7 Å². The molecule has 16 amide bonds. The summed E-state index contributed by atoms with van der Waals surface area (Å²) in [5.74, 6) is -21.3. The molecule has 8 rings (SSSR count). The molecule has 0 bridgehead atoms. The molecule has 120 heavy (non-hydrogen) atoms. The van der Waals surface area contributed by atoms with Gasteiger partial charge in [-0.05, 0) is 73.1 Å². The van der Waals surface area contributed by atoms with E-state index in [0.29, 0.717) is 76.7 Å². The molecule has 1 aliphatic heterocycles. The van der Waals surface area contributed by atoms with E-state index in [4.69, 9.17) is 17.2 Å². The number of carboxylic acid groups (broad SMARTS) is 1. The molecule has 3 aromatic carbocycles. The molecule has 43 heteroatoms. The number of rotatable bonds is 34. The number of para-hydroxylation sites is 3. The highest BCUT2D eigenvalue weighted by Gasteiger charge is 2.41. The molecule has 5 heterocycles. The Labute approximate surface area is 698 Å². The highest BCUT2D eigenvalue weighted by molar-refractivity contribution is 8.76. The molecular formula is C77H99N21O19S3. The van der Waals surface area contributed by atoms with E-state index >= 15 is 19.2 Å². The Kier molecular flexibility index (Phi) is 34.4. The molecule has 1 fully saturated rings. The van der Waals surface area contributed by atoms with Gasteiger partial charge >= 0.3 is 5.97 Å². The van der Waals surface area contributed by atoms with Crippen LogP contribution in [0.2, 0.25) is 0 Å². The number of hydrogen-bond acceptors (Lipinski definition) is 22. The van der Waals surface area contributed by atoms with E-state index in [1.165, 1.54) is 51.3 Å². The van der Waals surface area contributed by atoms with Crippen LogP contribution in [-0.2, 0) is 107 Å². The largest absolute Gasteiger partial charge is 0.481 e. The zero-order valence-corrected chi connectivity index (χ0v) is 68.6. The van der Waals surface area contributed by atoms with Gasteiger partial charge in [0.25, 0.3) is 0 Å². The number of H-pyrrole nitrogens is 4. The van der Waals surface area contributed by atoms with Crippen LogP contribution in [0.1, 0.15) is 89.1 Å². The van der Waals surface area contributed by atoms with Crippen molar-refractivity contribution in [2.45, 2.75) is 177 Å². The minimum Gasteiger partial charge on any atom is -0.481 e. The summed E-state index contributed by atoms with van der Waals surface area (Å²) in [6.45, 7) is 6.78. The van der Waals surface area contributed by atoms with Crippen molar-refractivity contribution < 1.29 is 91.7 Å². The van der Waals surface area contributed by atoms with E-state index < -0.39 is 235 Å². The second-order valence-corrected chi connectivity index (χ2v) is 32.3. The van der Waals surface area contributed by atoms with E-state index in [-0.39, 0.29) is 31.4 Å². The van der Waals surface area contributed by atoms with Gasteiger partial charge in [-0.25, -0.2) is 4.98 Å². The maximum atomic E-state index is 15.2. The van der Waals surface area contributed by atoms with Gasteiger partial charge in [-0.1, -0.05) is 96.5 Å². The zero-order valence-electron chi connectivity index (χ0n) is 66.2. The number of hydrogen-bond donors (Lipinski definition) is 22. The number of nitrogens with zero attached hydrogens (tertiary/aromatic N) is 1. The lowest BCUT2D eigenvalue weighted by Gasteiger charge is -2.30. The number of imidazole rings is 1. The van der Waals surface area contributed by atoms with Gasteiger partial charge in [-0.3, -0.25) is 81.5 Å². The Morgan fingerprint density at radius 1 is 0.525 bits per heavy atom. The number of aliphatic hydroxyl groups excluding tert-OH is 1. The van der Waals surface area contributed by atoms with Crippen LogP contribution in [0.15, 0.2) is 104 Å². The molecular weight excluding hydrogens is 1620 g/mol. The summed E-state index contributed by atoms with van der Waals surface area (Å²) >= 11 is 1.39. The number of amides is 16. The maximum absolute atomic E-state index is 15.2. The van der Waals surface area contributed by atoms with Crippen molar-refractivity contribution in [1.29, 1.82) is 0 Å². The standard InChI is InChI=1S/C77H99N21O19S3/c1-7-36(2)63(97-77(117)64(38(4)99)98-73(113)53(24-42-31-84-49-19-13-10-16-46(42)49)88-66(106)50(20-21-118-6)87-39(5)100)76(116)96-59-34-120-119-33-58(74(114)90-51(67(107)86-37(3)65(80)105)22-40-29-82-47-17-11-8-14-44(40)47)95-72(112)57(28-62(103)104)94-69(109)54(25-43-32-81-35-85-43)91-68(108)52(23-41-30-83-48-18-12-9-15-45(41)48)89-70(110)55(26-60(78)101)92-71(111)56(27-61(79)102)93-75(59)115/h8-19,29-32,35-38,50-59,63-64,82-84,99H,7,20-28,33-34H2,1-6H3,(H2,78,101)(H2,79,102)(H2,80,105)(H,81,85)(H,86,107)(H,87,100)(H,88,106)(H,89,110)(H,90,114)(H,91,108)(H,92,111)(H,93,115)(H,94,109)(H,95,112)(H,96,116)(H,97,117)(H,98,113)(H,103,104)/t36-,37-,38+,50-,51-,52-,53-,54-,55-,56-,57-,58-,59-,63-,64-/m0/s1. The number of aromatic amines is 4. The molecule has 40 nitrogen and oxygen atoms in total. The Morgan fingerprint density at radius 3 is 1.48 bits per heavy atom. The van der Waals surface area contributed by atoms with Crippen LogP contribution in [0.25, 0.3) is 32.7 Å². The summed E-state index contributed by atoms with van der Waals surface area (Å²) < 4.78 is 0. The fourth-order valence-electron chi connectivity index (χ4n) is 13.0. The monoisotopic (exact) mass is 1720 g/mol. The minimum atomic E-state index is -2.12. The van der Waals surface area contributed by atoms with Gasteiger partial charge in [0.15, 0.2) is 0 Å². The number of aliphatic carboxylic acids is 1. The van der Waals surface area contributed by atoms with Gasteiger partial charge in [0.2, 0.25) is 94.5 Å². The lowest BCUT2D eigenvalue weighted by molar-refractivity contribution is -0.141. The van der Waals surface area contributed by atoms with Gasteiger partial charge < -0.3 is 116 Å². The van der Waals surface area contributed by atoms with E-state index in [0.717, 1.165) is 6.92 Å². The molecule has 0 unspecified atom stereocenters. The van der Waals surface area contributed by atoms with E-state index in [1.807, 2.05) is 0 Å². The first kappa shape index (κ1) is 93.0. The normalized spacial score (nSPS) is 20.0. The van der Waals surface area contributed by atoms with Crippen molar-refractivity contribution in [3.8, 4) is 0 Å². The van der Waals surface area contributed by atoms with E-state index in [9.17, 15) is 72.5 Å². The summed E-state index contributed by atoms with van der Waals surface area (Å²) in [5.41, 5.74) is 20.4. The lowest BCUT2D eigenvalue weighted by atomic mass is 9.97. The maximum Gasteiger partial charge on any atom is 0.305 e.